The van der Waals surface area contributed by atoms with Gasteiger partial charge in [-0.3, -0.25) is 4.40 Å². The second-order valence-electron chi connectivity index (χ2n) is 4.70. The molecule has 3 rings (SSSR count). The third-order valence-electron chi connectivity index (χ3n) is 3.28. The molecule has 0 atom stereocenters. The van der Waals surface area contributed by atoms with Crippen molar-refractivity contribution in [3.63, 3.8) is 0 Å². The van der Waals surface area contributed by atoms with E-state index in [1.165, 1.54) is 0 Å². The summed E-state index contributed by atoms with van der Waals surface area (Å²) in [6, 6.07) is 12.8. The molecule has 0 aliphatic rings. The van der Waals surface area contributed by atoms with Gasteiger partial charge in [-0.15, -0.1) is 0 Å². The van der Waals surface area contributed by atoms with Crippen molar-refractivity contribution in [1.29, 1.82) is 0 Å². The number of aromatic nitrogens is 2. The first-order valence-electron chi connectivity index (χ1n) is 6.50. The van der Waals surface area contributed by atoms with Crippen molar-refractivity contribution in [3.8, 4) is 5.75 Å². The van der Waals surface area contributed by atoms with Crippen molar-refractivity contribution in [2.45, 2.75) is 6.42 Å². The van der Waals surface area contributed by atoms with Gasteiger partial charge in [0.25, 0.3) is 0 Å². The first-order valence-corrected chi connectivity index (χ1v) is 6.50. The number of ether oxygens (including phenoxy) is 1. The van der Waals surface area contributed by atoms with E-state index in [0.717, 1.165) is 17.0 Å². The predicted molar refractivity (Wildman–Crippen MR) is 78.0 cm³/mol. The summed E-state index contributed by atoms with van der Waals surface area (Å²) in [5.74, 6) is -0.173. The average Bonchev–Trinajstić information content (AvgIpc) is 2.89. The maximum absolute atomic E-state index is 11.2. The van der Waals surface area contributed by atoms with Crippen LogP contribution in [-0.2, 0) is 6.42 Å². The zero-order valence-corrected chi connectivity index (χ0v) is 11.5. The number of aromatic carboxylic acids is 1. The van der Waals surface area contributed by atoms with Crippen LogP contribution in [0.15, 0.2) is 48.7 Å². The molecule has 2 aromatic heterocycles. The molecular formula is C16H14N2O3. The number of carboxylic acid groups (broad SMARTS) is 1. The number of nitrogens with zero attached hydrogens (tertiary/aromatic N) is 2. The predicted octanol–water partition coefficient (Wildman–Crippen LogP) is 2.63. The number of methoxy groups -OCH3 is 1. The molecule has 5 heteroatoms. The molecule has 0 aliphatic carbocycles. The van der Waals surface area contributed by atoms with E-state index in [-0.39, 0.29) is 5.69 Å². The zero-order chi connectivity index (χ0) is 14.8. The molecule has 0 aliphatic heterocycles. The molecule has 2 heterocycles. The van der Waals surface area contributed by atoms with Crippen LogP contribution in [0.2, 0.25) is 0 Å². The van der Waals surface area contributed by atoms with Gasteiger partial charge in [0.05, 0.1) is 12.8 Å². The Balaban J connectivity index is 1.98. The quantitative estimate of drug-likeness (QED) is 0.799. The molecule has 0 saturated carbocycles. The molecule has 21 heavy (non-hydrogen) atoms. The highest BCUT2D eigenvalue weighted by molar-refractivity contribution is 5.86. The van der Waals surface area contributed by atoms with E-state index in [0.29, 0.717) is 12.1 Å². The lowest BCUT2D eigenvalue weighted by atomic mass is 10.1. The molecule has 5 nitrogen and oxygen atoms in total. The van der Waals surface area contributed by atoms with Gasteiger partial charge in [-0.1, -0.05) is 18.2 Å². The van der Waals surface area contributed by atoms with Gasteiger partial charge in [0, 0.05) is 12.6 Å². The van der Waals surface area contributed by atoms with Gasteiger partial charge in [-0.2, -0.15) is 0 Å². The number of carboxylic acids is 1. The van der Waals surface area contributed by atoms with E-state index in [1.807, 2.05) is 24.3 Å². The number of hydrogen-bond donors (Lipinski definition) is 1. The smallest absolute Gasteiger partial charge is 0.352 e. The summed E-state index contributed by atoms with van der Waals surface area (Å²) in [7, 11) is 1.63. The number of fused-ring (bicyclic) bond motifs is 1. The summed E-state index contributed by atoms with van der Waals surface area (Å²) >= 11 is 0. The van der Waals surface area contributed by atoms with Crippen molar-refractivity contribution in [1.82, 2.24) is 9.38 Å². The van der Waals surface area contributed by atoms with Crippen LogP contribution in [0.25, 0.3) is 5.65 Å². The van der Waals surface area contributed by atoms with Gasteiger partial charge in [-0.25, -0.2) is 9.78 Å². The second-order valence-corrected chi connectivity index (χ2v) is 4.70. The Morgan fingerprint density at radius 1 is 1.29 bits per heavy atom. The Morgan fingerprint density at radius 3 is 2.86 bits per heavy atom. The Bertz CT molecular complexity index is 808. The molecule has 0 unspecified atom stereocenters. The monoisotopic (exact) mass is 282 g/mol. The van der Waals surface area contributed by atoms with Gasteiger partial charge in [-0.05, 0) is 29.8 Å². The summed E-state index contributed by atoms with van der Waals surface area (Å²) in [6.45, 7) is 0. The number of benzene rings is 1. The largest absolute Gasteiger partial charge is 0.497 e. The number of carbonyl (C=O) groups is 1. The highest BCUT2D eigenvalue weighted by Crippen LogP contribution is 2.17. The van der Waals surface area contributed by atoms with E-state index in [4.69, 9.17) is 4.74 Å². The number of pyridine rings is 1. The minimum Gasteiger partial charge on any atom is -0.497 e. The molecule has 106 valence electrons. The standard InChI is InChI=1S/C16H14N2O3/c1-21-13-5-2-4-11(9-13)8-12-10-18-14(16(19)20)6-3-7-15(18)17-12/h2-7,9-10H,8H2,1H3,(H,19,20). The van der Waals surface area contributed by atoms with Crippen LogP contribution in [0.1, 0.15) is 21.7 Å². The molecular weight excluding hydrogens is 268 g/mol. The van der Waals surface area contributed by atoms with Crippen molar-refractivity contribution in [2.75, 3.05) is 7.11 Å². The van der Waals surface area contributed by atoms with Crippen LogP contribution in [0.4, 0.5) is 0 Å². The molecule has 0 bridgehead atoms. The maximum atomic E-state index is 11.2. The lowest BCUT2D eigenvalue weighted by molar-refractivity contribution is 0.0689. The van der Waals surface area contributed by atoms with Gasteiger partial charge in [0.1, 0.15) is 17.1 Å². The molecule has 0 amide bonds. The van der Waals surface area contributed by atoms with Crippen molar-refractivity contribution >= 4 is 11.6 Å². The lowest BCUT2D eigenvalue weighted by Gasteiger charge is -2.02. The molecule has 0 saturated heterocycles. The Labute approximate surface area is 121 Å². The van der Waals surface area contributed by atoms with Crippen molar-refractivity contribution in [2.24, 2.45) is 0 Å². The fraction of sp³-hybridized carbons (Fsp3) is 0.125. The summed E-state index contributed by atoms with van der Waals surface area (Å²) in [5.41, 5.74) is 2.72. The van der Waals surface area contributed by atoms with Crippen LogP contribution in [0, 0.1) is 0 Å². The van der Waals surface area contributed by atoms with E-state index < -0.39 is 5.97 Å². The van der Waals surface area contributed by atoms with Gasteiger partial charge in [0.15, 0.2) is 0 Å². The number of imidazole rings is 1. The molecule has 0 radical (unpaired) electrons. The third-order valence-corrected chi connectivity index (χ3v) is 3.28. The minimum atomic E-state index is -0.967. The SMILES string of the molecule is COc1cccc(Cc2cn3c(C(=O)O)cccc3n2)c1. The fourth-order valence-electron chi connectivity index (χ4n) is 2.31. The summed E-state index contributed by atoms with van der Waals surface area (Å²) in [6.07, 6.45) is 2.39. The summed E-state index contributed by atoms with van der Waals surface area (Å²) < 4.78 is 6.79. The Morgan fingerprint density at radius 2 is 2.10 bits per heavy atom. The lowest BCUT2D eigenvalue weighted by Crippen LogP contribution is -2.03. The van der Waals surface area contributed by atoms with Crippen molar-refractivity contribution in [3.05, 3.63) is 65.6 Å². The first kappa shape index (κ1) is 13.2. The maximum Gasteiger partial charge on any atom is 0.352 e. The minimum absolute atomic E-state index is 0.205. The number of hydrogen-bond acceptors (Lipinski definition) is 3. The van der Waals surface area contributed by atoms with Crippen LogP contribution < -0.4 is 4.74 Å². The van der Waals surface area contributed by atoms with E-state index in [1.54, 1.807) is 35.9 Å². The van der Waals surface area contributed by atoms with Crippen LogP contribution in [0.3, 0.4) is 0 Å². The summed E-state index contributed by atoms with van der Waals surface area (Å²) in [4.78, 5) is 15.7. The van der Waals surface area contributed by atoms with E-state index in [2.05, 4.69) is 4.98 Å². The normalized spacial score (nSPS) is 10.7. The molecule has 0 fully saturated rings. The van der Waals surface area contributed by atoms with Gasteiger partial charge >= 0.3 is 5.97 Å². The van der Waals surface area contributed by atoms with Crippen LogP contribution >= 0.6 is 0 Å². The van der Waals surface area contributed by atoms with Crippen LogP contribution in [-0.4, -0.2) is 27.6 Å². The Kier molecular flexibility index (Phi) is 3.31. The van der Waals surface area contributed by atoms with Gasteiger partial charge < -0.3 is 9.84 Å². The van der Waals surface area contributed by atoms with E-state index in [9.17, 15) is 9.90 Å². The van der Waals surface area contributed by atoms with Gasteiger partial charge in [0.2, 0.25) is 0 Å². The fourth-order valence-corrected chi connectivity index (χ4v) is 2.31. The molecule has 1 N–H and O–H groups in total. The molecule has 1 aromatic carbocycles. The Hall–Kier alpha value is -2.82. The summed E-state index contributed by atoms with van der Waals surface area (Å²) in [5, 5.41) is 9.18. The van der Waals surface area contributed by atoms with E-state index >= 15 is 0 Å². The van der Waals surface area contributed by atoms with Crippen LogP contribution in [0.5, 0.6) is 5.75 Å². The number of rotatable bonds is 4. The highest BCUT2D eigenvalue weighted by Gasteiger charge is 2.10. The van der Waals surface area contributed by atoms with Crippen molar-refractivity contribution < 1.29 is 14.6 Å². The third kappa shape index (κ3) is 2.58. The molecule has 3 aromatic rings. The topological polar surface area (TPSA) is 63.8 Å². The highest BCUT2D eigenvalue weighted by atomic mass is 16.5. The average molecular weight is 282 g/mol. The zero-order valence-electron chi connectivity index (χ0n) is 11.5. The second kappa shape index (κ2) is 5.28. The molecule has 0 spiro atoms. The first-order chi connectivity index (χ1) is 10.2.